The molecule has 0 aliphatic carbocycles. The number of benzene rings is 2. The van der Waals surface area contributed by atoms with Gasteiger partial charge in [-0.2, -0.15) is 0 Å². The molecule has 0 atom stereocenters. The Labute approximate surface area is 168 Å². The third-order valence-corrected chi connectivity index (χ3v) is 5.13. The number of nitrogen functional groups attached to an aromatic ring is 1. The standard InChI is InChI=1S/C22H28N2O2.ClH/c1-2-26-21-11-5-17(6-12-21)3-4-18-13-15-24(16-14-18)22(25)19-7-9-20(23)10-8-19;/h5-12,18H,2-4,13-16,23H2,1H3;1H. The summed E-state index contributed by atoms with van der Waals surface area (Å²) in [6.07, 6.45) is 4.43. The number of hydrogen-bond acceptors (Lipinski definition) is 3. The highest BCUT2D eigenvalue weighted by molar-refractivity contribution is 5.94. The molecule has 0 spiro atoms. The predicted molar refractivity (Wildman–Crippen MR) is 113 cm³/mol. The second kappa shape index (κ2) is 10.2. The van der Waals surface area contributed by atoms with Crippen molar-refractivity contribution in [3.8, 4) is 5.75 Å². The first-order valence-corrected chi connectivity index (χ1v) is 9.52. The molecule has 1 heterocycles. The molecule has 1 saturated heterocycles. The molecule has 0 unspecified atom stereocenters. The highest BCUT2D eigenvalue weighted by Gasteiger charge is 2.23. The average Bonchev–Trinajstić information content (AvgIpc) is 2.68. The monoisotopic (exact) mass is 388 g/mol. The van der Waals surface area contributed by atoms with E-state index in [9.17, 15) is 4.79 Å². The lowest BCUT2D eigenvalue weighted by molar-refractivity contribution is 0.0687. The van der Waals surface area contributed by atoms with Crippen LogP contribution in [0.3, 0.4) is 0 Å². The molecule has 5 heteroatoms. The lowest BCUT2D eigenvalue weighted by Gasteiger charge is -2.32. The zero-order valence-electron chi connectivity index (χ0n) is 15.9. The summed E-state index contributed by atoms with van der Waals surface area (Å²) in [7, 11) is 0. The van der Waals surface area contributed by atoms with Gasteiger partial charge in [-0.05, 0) is 80.5 Å². The number of nitrogens with zero attached hydrogens (tertiary/aromatic N) is 1. The van der Waals surface area contributed by atoms with Crippen LogP contribution in [0.15, 0.2) is 48.5 Å². The van der Waals surface area contributed by atoms with Crippen LogP contribution in [0.5, 0.6) is 5.75 Å². The molecule has 0 aromatic heterocycles. The maximum Gasteiger partial charge on any atom is 0.253 e. The Hall–Kier alpha value is -2.20. The number of carbonyl (C=O) groups is 1. The van der Waals surface area contributed by atoms with E-state index in [0.29, 0.717) is 18.2 Å². The van der Waals surface area contributed by atoms with Gasteiger partial charge in [0.2, 0.25) is 0 Å². The zero-order valence-corrected chi connectivity index (χ0v) is 16.7. The van der Waals surface area contributed by atoms with Crippen LogP contribution in [0.1, 0.15) is 42.1 Å². The molecule has 2 aromatic rings. The van der Waals surface area contributed by atoms with Crippen molar-refractivity contribution in [3.63, 3.8) is 0 Å². The molecule has 27 heavy (non-hydrogen) atoms. The van der Waals surface area contributed by atoms with E-state index in [1.165, 1.54) is 12.0 Å². The minimum absolute atomic E-state index is 0. The molecule has 146 valence electrons. The Morgan fingerprint density at radius 1 is 1.07 bits per heavy atom. The number of anilines is 1. The smallest absolute Gasteiger partial charge is 0.253 e. The lowest BCUT2D eigenvalue weighted by Crippen LogP contribution is -2.38. The first-order valence-electron chi connectivity index (χ1n) is 9.52. The molecule has 1 aliphatic rings. The normalized spacial score (nSPS) is 14.5. The Balaban J connectivity index is 0.00000261. The summed E-state index contributed by atoms with van der Waals surface area (Å²) in [6, 6.07) is 15.6. The van der Waals surface area contributed by atoms with Crippen LogP contribution in [-0.2, 0) is 6.42 Å². The fourth-order valence-corrected chi connectivity index (χ4v) is 3.52. The van der Waals surface area contributed by atoms with E-state index in [-0.39, 0.29) is 18.3 Å². The molecule has 1 amide bonds. The van der Waals surface area contributed by atoms with Gasteiger partial charge < -0.3 is 15.4 Å². The van der Waals surface area contributed by atoms with Crippen molar-refractivity contribution in [1.29, 1.82) is 0 Å². The summed E-state index contributed by atoms with van der Waals surface area (Å²) >= 11 is 0. The van der Waals surface area contributed by atoms with Gasteiger partial charge in [0.25, 0.3) is 5.91 Å². The van der Waals surface area contributed by atoms with Gasteiger partial charge in [-0.15, -0.1) is 12.4 Å². The number of rotatable bonds is 6. The molecule has 2 aromatic carbocycles. The minimum atomic E-state index is 0. The first-order chi connectivity index (χ1) is 12.7. The number of likely N-dealkylation sites (tertiary alicyclic amines) is 1. The van der Waals surface area contributed by atoms with Gasteiger partial charge in [0.05, 0.1) is 6.61 Å². The Morgan fingerprint density at radius 3 is 2.30 bits per heavy atom. The molecule has 2 N–H and O–H groups in total. The van der Waals surface area contributed by atoms with Crippen LogP contribution in [0.2, 0.25) is 0 Å². The van der Waals surface area contributed by atoms with Crippen molar-refractivity contribution in [1.82, 2.24) is 4.90 Å². The van der Waals surface area contributed by atoms with Gasteiger partial charge in [-0.1, -0.05) is 12.1 Å². The van der Waals surface area contributed by atoms with Gasteiger partial charge >= 0.3 is 0 Å². The van der Waals surface area contributed by atoms with Gasteiger partial charge in [0.1, 0.15) is 5.75 Å². The Morgan fingerprint density at radius 2 is 1.70 bits per heavy atom. The average molecular weight is 389 g/mol. The highest BCUT2D eigenvalue weighted by atomic mass is 35.5. The van der Waals surface area contributed by atoms with Gasteiger partial charge in [0.15, 0.2) is 0 Å². The van der Waals surface area contributed by atoms with Gasteiger partial charge in [0, 0.05) is 24.3 Å². The number of aryl methyl sites for hydroxylation is 1. The second-order valence-corrected chi connectivity index (χ2v) is 6.97. The van der Waals surface area contributed by atoms with E-state index in [2.05, 4.69) is 12.1 Å². The molecule has 4 nitrogen and oxygen atoms in total. The summed E-state index contributed by atoms with van der Waals surface area (Å²) in [4.78, 5) is 14.5. The molecular weight excluding hydrogens is 360 g/mol. The first kappa shape index (κ1) is 21.1. The van der Waals surface area contributed by atoms with Crippen LogP contribution in [0, 0.1) is 5.92 Å². The fraction of sp³-hybridized carbons (Fsp3) is 0.409. The van der Waals surface area contributed by atoms with Crippen molar-refractivity contribution in [2.24, 2.45) is 5.92 Å². The van der Waals surface area contributed by atoms with Gasteiger partial charge in [-0.3, -0.25) is 4.79 Å². The SMILES string of the molecule is CCOc1ccc(CCC2CCN(C(=O)c3ccc(N)cc3)CC2)cc1.Cl. The molecular formula is C22H29ClN2O2. The molecule has 0 saturated carbocycles. The van der Waals surface area contributed by atoms with Gasteiger partial charge in [-0.25, -0.2) is 0 Å². The quantitative estimate of drug-likeness (QED) is 0.737. The molecule has 1 fully saturated rings. The number of hydrogen-bond donors (Lipinski definition) is 1. The van der Waals surface area contributed by atoms with Crippen molar-refractivity contribution >= 4 is 24.0 Å². The van der Waals surface area contributed by atoms with Crippen LogP contribution in [0.4, 0.5) is 5.69 Å². The summed E-state index contributed by atoms with van der Waals surface area (Å²) in [5, 5.41) is 0. The zero-order chi connectivity index (χ0) is 18.4. The summed E-state index contributed by atoms with van der Waals surface area (Å²) in [5.41, 5.74) is 8.47. The van der Waals surface area contributed by atoms with Crippen molar-refractivity contribution in [3.05, 3.63) is 59.7 Å². The van der Waals surface area contributed by atoms with E-state index in [1.54, 1.807) is 12.1 Å². The number of halogens is 1. The van der Waals surface area contributed by atoms with Crippen molar-refractivity contribution in [2.45, 2.75) is 32.6 Å². The maximum absolute atomic E-state index is 12.6. The number of ether oxygens (including phenoxy) is 1. The topological polar surface area (TPSA) is 55.6 Å². The van der Waals surface area contributed by atoms with Crippen LogP contribution in [-0.4, -0.2) is 30.5 Å². The van der Waals surface area contributed by atoms with Crippen molar-refractivity contribution in [2.75, 3.05) is 25.4 Å². The largest absolute Gasteiger partial charge is 0.494 e. The number of piperidine rings is 1. The molecule has 3 rings (SSSR count). The highest BCUT2D eigenvalue weighted by Crippen LogP contribution is 2.24. The van der Waals surface area contributed by atoms with E-state index in [1.807, 2.05) is 36.1 Å². The van der Waals surface area contributed by atoms with E-state index < -0.39 is 0 Å². The summed E-state index contributed by atoms with van der Waals surface area (Å²) in [5.74, 6) is 1.75. The van der Waals surface area contributed by atoms with Crippen molar-refractivity contribution < 1.29 is 9.53 Å². The summed E-state index contributed by atoms with van der Waals surface area (Å²) in [6.45, 7) is 4.39. The molecule has 0 bridgehead atoms. The second-order valence-electron chi connectivity index (χ2n) is 6.97. The predicted octanol–water partition coefficient (Wildman–Crippen LogP) is 4.57. The van der Waals surface area contributed by atoms with E-state index in [4.69, 9.17) is 10.5 Å². The number of amides is 1. The Bertz CT molecular complexity index is 708. The van der Waals surface area contributed by atoms with E-state index in [0.717, 1.165) is 43.7 Å². The number of carbonyl (C=O) groups excluding carboxylic acids is 1. The fourth-order valence-electron chi connectivity index (χ4n) is 3.52. The van der Waals surface area contributed by atoms with Crippen LogP contribution < -0.4 is 10.5 Å². The van der Waals surface area contributed by atoms with Crippen LogP contribution >= 0.6 is 12.4 Å². The van der Waals surface area contributed by atoms with Crippen LogP contribution in [0.25, 0.3) is 0 Å². The molecule has 1 aliphatic heterocycles. The third-order valence-electron chi connectivity index (χ3n) is 5.13. The third kappa shape index (κ3) is 5.90. The molecule has 0 radical (unpaired) electrons. The number of nitrogens with two attached hydrogens (primary N) is 1. The summed E-state index contributed by atoms with van der Waals surface area (Å²) < 4.78 is 5.49. The maximum atomic E-state index is 12.6. The van der Waals surface area contributed by atoms with E-state index >= 15 is 0 Å². The Kier molecular flexibility index (Phi) is 7.99. The lowest BCUT2D eigenvalue weighted by atomic mass is 9.90. The minimum Gasteiger partial charge on any atom is -0.494 e.